The predicted octanol–water partition coefficient (Wildman–Crippen LogP) is 3.37. The lowest BCUT2D eigenvalue weighted by Gasteiger charge is -2.36. The monoisotopic (exact) mass is 415 g/mol. The molecule has 1 aliphatic carbocycles. The van der Waals surface area contributed by atoms with E-state index in [2.05, 4.69) is 5.32 Å². The van der Waals surface area contributed by atoms with Gasteiger partial charge in [-0.3, -0.25) is 9.59 Å². The van der Waals surface area contributed by atoms with Crippen LogP contribution in [0.15, 0.2) is 48.5 Å². The van der Waals surface area contributed by atoms with Crippen molar-refractivity contribution in [1.29, 1.82) is 0 Å². The Kier molecular flexibility index (Phi) is 7.18. The molecule has 1 aliphatic rings. The molecule has 30 heavy (non-hydrogen) atoms. The molecular formula is C23H26FNO5. The number of benzene rings is 2. The Morgan fingerprint density at radius 1 is 1.13 bits per heavy atom. The summed E-state index contributed by atoms with van der Waals surface area (Å²) in [6.07, 6.45) is 2.20. The Hall–Kier alpha value is -2.77. The van der Waals surface area contributed by atoms with Gasteiger partial charge in [-0.2, -0.15) is 0 Å². The van der Waals surface area contributed by atoms with Gasteiger partial charge in [0.15, 0.2) is 0 Å². The van der Waals surface area contributed by atoms with E-state index in [1.807, 2.05) is 0 Å². The van der Waals surface area contributed by atoms with Gasteiger partial charge >= 0.3 is 5.97 Å². The summed E-state index contributed by atoms with van der Waals surface area (Å²) in [6, 6.07) is 12.7. The van der Waals surface area contributed by atoms with Crippen LogP contribution in [0.4, 0.5) is 4.39 Å². The fourth-order valence-corrected chi connectivity index (χ4v) is 3.48. The summed E-state index contributed by atoms with van der Waals surface area (Å²) in [5.41, 5.74) is -0.0627. The highest BCUT2D eigenvalue weighted by Gasteiger charge is 2.34. The summed E-state index contributed by atoms with van der Waals surface area (Å²) in [4.78, 5) is 23.3. The molecule has 2 N–H and O–H groups in total. The average molecular weight is 415 g/mol. The molecule has 0 saturated heterocycles. The van der Waals surface area contributed by atoms with E-state index >= 15 is 0 Å². The minimum Gasteiger partial charge on any atom is -0.427 e. The van der Waals surface area contributed by atoms with Crippen molar-refractivity contribution < 1.29 is 28.6 Å². The fourth-order valence-electron chi connectivity index (χ4n) is 3.48. The summed E-state index contributed by atoms with van der Waals surface area (Å²) in [5, 5.41) is 13.5. The lowest BCUT2D eigenvalue weighted by molar-refractivity contribution is -0.131. The highest BCUT2D eigenvalue weighted by Crippen LogP contribution is 2.30. The molecule has 0 spiro atoms. The molecule has 0 atom stereocenters. The molecule has 0 bridgehead atoms. The predicted molar refractivity (Wildman–Crippen MR) is 108 cm³/mol. The van der Waals surface area contributed by atoms with Crippen LogP contribution >= 0.6 is 0 Å². The van der Waals surface area contributed by atoms with Crippen LogP contribution < -0.4 is 10.1 Å². The Labute approximate surface area is 175 Å². The summed E-state index contributed by atoms with van der Waals surface area (Å²) < 4.78 is 24.4. The number of amides is 1. The van der Waals surface area contributed by atoms with Crippen molar-refractivity contribution in [2.75, 3.05) is 6.54 Å². The molecule has 1 fully saturated rings. The van der Waals surface area contributed by atoms with Crippen LogP contribution in [0, 0.1) is 5.82 Å². The first kappa shape index (κ1) is 21.9. The number of esters is 1. The van der Waals surface area contributed by atoms with Crippen molar-refractivity contribution in [2.24, 2.45) is 0 Å². The first-order chi connectivity index (χ1) is 14.3. The van der Waals surface area contributed by atoms with Gasteiger partial charge in [0.2, 0.25) is 0 Å². The van der Waals surface area contributed by atoms with E-state index in [0.29, 0.717) is 42.6 Å². The van der Waals surface area contributed by atoms with E-state index in [4.69, 9.17) is 9.47 Å². The van der Waals surface area contributed by atoms with Crippen molar-refractivity contribution in [3.05, 3.63) is 65.5 Å². The van der Waals surface area contributed by atoms with Crippen LogP contribution in [-0.4, -0.2) is 35.2 Å². The summed E-state index contributed by atoms with van der Waals surface area (Å²) in [6.45, 7) is 1.65. The molecule has 2 aromatic rings. The van der Waals surface area contributed by atoms with Gasteiger partial charge in [-0.15, -0.1) is 0 Å². The zero-order chi connectivity index (χ0) is 21.6. The maximum Gasteiger partial charge on any atom is 0.308 e. The third kappa shape index (κ3) is 6.11. The van der Waals surface area contributed by atoms with Gasteiger partial charge in [-0.25, -0.2) is 4.39 Å². The molecule has 1 amide bonds. The highest BCUT2D eigenvalue weighted by atomic mass is 19.1. The van der Waals surface area contributed by atoms with Crippen LogP contribution in [0.3, 0.4) is 0 Å². The van der Waals surface area contributed by atoms with Crippen LogP contribution in [0.1, 0.15) is 48.5 Å². The van der Waals surface area contributed by atoms with Crippen LogP contribution in [0.2, 0.25) is 0 Å². The molecule has 0 heterocycles. The number of ether oxygens (including phenoxy) is 2. The number of carbonyl (C=O) groups excluding carboxylic acids is 2. The lowest BCUT2D eigenvalue weighted by atomic mass is 9.83. The maximum atomic E-state index is 13.7. The zero-order valence-corrected chi connectivity index (χ0v) is 16.9. The summed E-state index contributed by atoms with van der Waals surface area (Å²) in [7, 11) is 0. The molecule has 3 rings (SSSR count). The molecule has 0 unspecified atom stereocenters. The molecular weight excluding hydrogens is 389 g/mol. The number of halogens is 1. The maximum absolute atomic E-state index is 13.7. The molecule has 7 heteroatoms. The zero-order valence-electron chi connectivity index (χ0n) is 16.9. The molecule has 0 aliphatic heterocycles. The van der Waals surface area contributed by atoms with Gasteiger partial charge < -0.3 is 19.9 Å². The van der Waals surface area contributed by atoms with Gasteiger partial charge in [-0.1, -0.05) is 18.2 Å². The van der Waals surface area contributed by atoms with Crippen molar-refractivity contribution >= 4 is 11.9 Å². The van der Waals surface area contributed by atoms with Crippen LogP contribution in [0.5, 0.6) is 5.75 Å². The first-order valence-corrected chi connectivity index (χ1v) is 9.99. The molecule has 6 nitrogen and oxygen atoms in total. The van der Waals surface area contributed by atoms with Crippen LogP contribution in [0.25, 0.3) is 0 Å². The number of aliphatic hydroxyl groups is 1. The Morgan fingerprint density at radius 2 is 1.80 bits per heavy atom. The molecule has 1 saturated carbocycles. The van der Waals surface area contributed by atoms with Gasteiger partial charge in [0, 0.05) is 24.6 Å². The van der Waals surface area contributed by atoms with Crippen molar-refractivity contribution in [1.82, 2.24) is 5.32 Å². The SMILES string of the molecule is CC(=O)Oc1ccc(C(=O)NCC2(O)CCC(OCc3ccccc3F)CC2)cc1. The second kappa shape index (κ2) is 9.82. The number of nitrogens with one attached hydrogen (secondary N) is 1. The standard InChI is InChI=1S/C23H26FNO5/c1-16(26)30-20-8-6-17(7-9-20)22(27)25-15-23(28)12-10-19(11-13-23)29-14-18-4-2-3-5-21(18)24/h2-9,19,28H,10-15H2,1H3,(H,25,27). The normalized spacial score (nSPS) is 21.1. The van der Waals surface area contributed by atoms with Gasteiger partial charge in [-0.05, 0) is 56.0 Å². The molecule has 0 aromatic heterocycles. The summed E-state index contributed by atoms with van der Waals surface area (Å²) in [5.74, 6) is -0.654. The summed E-state index contributed by atoms with van der Waals surface area (Å²) >= 11 is 0. The van der Waals surface area contributed by atoms with E-state index < -0.39 is 11.6 Å². The molecule has 160 valence electrons. The van der Waals surface area contributed by atoms with Gasteiger partial charge in [0.1, 0.15) is 11.6 Å². The van der Waals surface area contributed by atoms with Crippen molar-refractivity contribution in [2.45, 2.75) is 50.9 Å². The molecule has 0 radical (unpaired) electrons. The van der Waals surface area contributed by atoms with Crippen molar-refractivity contribution in [3.8, 4) is 5.75 Å². The van der Waals surface area contributed by atoms with E-state index in [9.17, 15) is 19.1 Å². The lowest BCUT2D eigenvalue weighted by Crippen LogP contribution is -2.46. The quantitative estimate of drug-likeness (QED) is 0.535. The smallest absolute Gasteiger partial charge is 0.308 e. The second-order valence-electron chi connectivity index (χ2n) is 7.63. The second-order valence-corrected chi connectivity index (χ2v) is 7.63. The Bertz CT molecular complexity index is 875. The highest BCUT2D eigenvalue weighted by molar-refractivity contribution is 5.94. The minimum absolute atomic E-state index is 0.0468. The van der Waals surface area contributed by atoms with E-state index in [0.717, 1.165) is 0 Å². The third-order valence-electron chi connectivity index (χ3n) is 5.25. The Morgan fingerprint density at radius 3 is 2.43 bits per heavy atom. The minimum atomic E-state index is -0.995. The number of rotatable bonds is 7. The fraction of sp³-hybridized carbons (Fsp3) is 0.391. The topological polar surface area (TPSA) is 84.9 Å². The Balaban J connectivity index is 1.43. The van der Waals surface area contributed by atoms with Gasteiger partial charge in [0.05, 0.1) is 18.3 Å². The van der Waals surface area contributed by atoms with Crippen molar-refractivity contribution in [3.63, 3.8) is 0 Å². The van der Waals surface area contributed by atoms with Gasteiger partial charge in [0.25, 0.3) is 5.91 Å². The average Bonchev–Trinajstić information content (AvgIpc) is 2.73. The third-order valence-corrected chi connectivity index (χ3v) is 5.25. The largest absolute Gasteiger partial charge is 0.427 e. The number of hydrogen-bond acceptors (Lipinski definition) is 5. The van der Waals surface area contributed by atoms with Crippen LogP contribution in [-0.2, 0) is 16.1 Å². The van der Waals surface area contributed by atoms with E-state index in [1.165, 1.54) is 13.0 Å². The first-order valence-electron chi connectivity index (χ1n) is 9.99. The van der Waals surface area contributed by atoms with E-state index in [-0.39, 0.29) is 31.0 Å². The molecule has 2 aromatic carbocycles. The number of carbonyl (C=O) groups is 2. The van der Waals surface area contributed by atoms with E-state index in [1.54, 1.807) is 42.5 Å². The number of hydrogen-bond donors (Lipinski definition) is 2.